The minimum absolute atomic E-state index is 0.182. The number of benzene rings is 1. The molecule has 4 heteroatoms. The molecule has 0 aliphatic rings. The van der Waals surface area contributed by atoms with Gasteiger partial charge in [0.05, 0.1) is 0 Å². The molecule has 4 nitrogen and oxygen atoms in total. The Labute approximate surface area is 118 Å². The van der Waals surface area contributed by atoms with Crippen molar-refractivity contribution in [1.29, 1.82) is 0 Å². The SMILES string of the molecule is CCCCNC(=O)c1c[nH]c2ccc(CC)cc2c1=O. The zero-order valence-electron chi connectivity index (χ0n) is 12.0. The smallest absolute Gasteiger partial charge is 0.256 e. The molecule has 0 radical (unpaired) electrons. The molecule has 0 bridgehead atoms. The van der Waals surface area contributed by atoms with Crippen LogP contribution in [0.1, 0.15) is 42.6 Å². The second-order valence-electron chi connectivity index (χ2n) is 4.87. The lowest BCUT2D eigenvalue weighted by Crippen LogP contribution is -2.29. The number of fused-ring (bicyclic) bond motifs is 1. The first-order valence-corrected chi connectivity index (χ1v) is 7.09. The molecule has 0 fully saturated rings. The van der Waals surface area contributed by atoms with E-state index >= 15 is 0 Å². The molecule has 0 unspecified atom stereocenters. The summed E-state index contributed by atoms with van der Waals surface area (Å²) in [6, 6.07) is 5.73. The molecular formula is C16H20N2O2. The summed E-state index contributed by atoms with van der Waals surface area (Å²) in [6.07, 6.45) is 4.28. The number of nitrogens with one attached hydrogen (secondary N) is 2. The van der Waals surface area contributed by atoms with Gasteiger partial charge in [-0.25, -0.2) is 0 Å². The lowest BCUT2D eigenvalue weighted by Gasteiger charge is -2.06. The molecule has 1 amide bonds. The number of rotatable bonds is 5. The third kappa shape index (κ3) is 2.90. The molecule has 0 atom stereocenters. The molecule has 106 valence electrons. The van der Waals surface area contributed by atoms with Gasteiger partial charge in [-0.05, 0) is 30.5 Å². The minimum Gasteiger partial charge on any atom is -0.360 e. The normalized spacial score (nSPS) is 10.7. The fourth-order valence-electron chi connectivity index (χ4n) is 2.13. The monoisotopic (exact) mass is 272 g/mol. The van der Waals surface area contributed by atoms with Crippen molar-refractivity contribution in [3.8, 4) is 0 Å². The standard InChI is InChI=1S/C16H20N2O2/c1-3-5-8-17-16(20)13-10-18-14-7-6-11(4-2)9-12(14)15(13)19/h6-7,9-10H,3-5,8H2,1-2H3,(H,17,20)(H,18,19). The van der Waals surface area contributed by atoms with Crippen molar-refractivity contribution in [2.24, 2.45) is 0 Å². The van der Waals surface area contributed by atoms with Gasteiger partial charge in [0.25, 0.3) is 5.91 Å². The number of hydrogen-bond acceptors (Lipinski definition) is 2. The molecule has 1 aromatic heterocycles. The van der Waals surface area contributed by atoms with Crippen LogP contribution >= 0.6 is 0 Å². The highest BCUT2D eigenvalue weighted by molar-refractivity contribution is 5.97. The lowest BCUT2D eigenvalue weighted by molar-refractivity contribution is 0.0952. The Balaban J connectivity index is 2.37. The van der Waals surface area contributed by atoms with E-state index < -0.39 is 0 Å². The summed E-state index contributed by atoms with van der Waals surface area (Å²) >= 11 is 0. The summed E-state index contributed by atoms with van der Waals surface area (Å²) in [5.41, 5.74) is 1.83. The Morgan fingerprint density at radius 2 is 2.10 bits per heavy atom. The molecule has 0 spiro atoms. The summed E-state index contributed by atoms with van der Waals surface area (Å²) in [6.45, 7) is 4.69. The first-order valence-electron chi connectivity index (χ1n) is 7.09. The Morgan fingerprint density at radius 3 is 2.80 bits per heavy atom. The van der Waals surface area contributed by atoms with Crippen molar-refractivity contribution in [2.75, 3.05) is 6.54 Å². The van der Waals surface area contributed by atoms with E-state index in [0.717, 1.165) is 30.3 Å². The molecule has 20 heavy (non-hydrogen) atoms. The molecule has 2 aromatic rings. The first-order chi connectivity index (χ1) is 9.67. The fraction of sp³-hybridized carbons (Fsp3) is 0.375. The quantitative estimate of drug-likeness (QED) is 0.822. The van der Waals surface area contributed by atoms with E-state index in [1.165, 1.54) is 6.20 Å². The Hall–Kier alpha value is -2.10. The van der Waals surface area contributed by atoms with Gasteiger partial charge in [0.15, 0.2) is 0 Å². The third-order valence-electron chi connectivity index (χ3n) is 3.41. The molecule has 0 aliphatic carbocycles. The van der Waals surface area contributed by atoms with E-state index in [1.54, 1.807) is 0 Å². The molecule has 2 N–H and O–H groups in total. The highest BCUT2D eigenvalue weighted by atomic mass is 16.2. The molecule has 1 heterocycles. The number of aromatic amines is 1. The third-order valence-corrected chi connectivity index (χ3v) is 3.41. The van der Waals surface area contributed by atoms with Crippen LogP contribution in [0.5, 0.6) is 0 Å². The van der Waals surface area contributed by atoms with Crippen molar-refractivity contribution in [3.05, 3.63) is 45.7 Å². The number of carbonyl (C=O) groups is 1. The zero-order chi connectivity index (χ0) is 14.5. The fourth-order valence-corrected chi connectivity index (χ4v) is 2.13. The highest BCUT2D eigenvalue weighted by Crippen LogP contribution is 2.11. The van der Waals surface area contributed by atoms with Crippen LogP contribution in [-0.2, 0) is 6.42 Å². The van der Waals surface area contributed by atoms with Crippen LogP contribution in [0.25, 0.3) is 10.9 Å². The number of pyridine rings is 1. The van der Waals surface area contributed by atoms with Gasteiger partial charge in [-0.1, -0.05) is 26.3 Å². The number of H-pyrrole nitrogens is 1. The number of carbonyl (C=O) groups excluding carboxylic acids is 1. The van der Waals surface area contributed by atoms with E-state index in [-0.39, 0.29) is 16.9 Å². The predicted molar refractivity (Wildman–Crippen MR) is 81.2 cm³/mol. The maximum Gasteiger partial charge on any atom is 0.256 e. The average molecular weight is 272 g/mol. The van der Waals surface area contributed by atoms with Gasteiger partial charge in [-0.3, -0.25) is 9.59 Å². The van der Waals surface area contributed by atoms with Gasteiger partial charge in [0, 0.05) is 23.6 Å². The first kappa shape index (κ1) is 14.3. The van der Waals surface area contributed by atoms with Crippen molar-refractivity contribution >= 4 is 16.8 Å². The molecule has 2 rings (SSSR count). The Morgan fingerprint density at radius 1 is 1.30 bits per heavy atom. The largest absolute Gasteiger partial charge is 0.360 e. The Bertz CT molecular complexity index is 674. The van der Waals surface area contributed by atoms with E-state index in [1.807, 2.05) is 25.1 Å². The average Bonchev–Trinajstić information content (AvgIpc) is 2.47. The van der Waals surface area contributed by atoms with E-state index in [0.29, 0.717) is 11.9 Å². The van der Waals surface area contributed by atoms with E-state index in [4.69, 9.17) is 0 Å². The van der Waals surface area contributed by atoms with Crippen LogP contribution in [0.2, 0.25) is 0 Å². The van der Waals surface area contributed by atoms with Gasteiger partial charge < -0.3 is 10.3 Å². The predicted octanol–water partition coefficient (Wildman–Crippen LogP) is 2.62. The highest BCUT2D eigenvalue weighted by Gasteiger charge is 2.12. The summed E-state index contributed by atoms with van der Waals surface area (Å²) in [5, 5.41) is 3.35. The number of aromatic nitrogens is 1. The zero-order valence-corrected chi connectivity index (χ0v) is 12.0. The molecule has 0 saturated carbocycles. The van der Waals surface area contributed by atoms with E-state index in [2.05, 4.69) is 17.2 Å². The molecule has 0 aliphatic heterocycles. The van der Waals surface area contributed by atoms with Crippen LogP contribution in [-0.4, -0.2) is 17.4 Å². The van der Waals surface area contributed by atoms with Gasteiger partial charge in [0.1, 0.15) is 5.56 Å². The summed E-state index contributed by atoms with van der Waals surface area (Å²) in [4.78, 5) is 27.4. The molecular weight excluding hydrogens is 252 g/mol. The van der Waals surface area contributed by atoms with Crippen LogP contribution < -0.4 is 10.7 Å². The molecule has 1 aromatic carbocycles. The van der Waals surface area contributed by atoms with Crippen LogP contribution in [0.4, 0.5) is 0 Å². The number of unbranched alkanes of at least 4 members (excludes halogenated alkanes) is 1. The van der Waals surface area contributed by atoms with Crippen molar-refractivity contribution < 1.29 is 4.79 Å². The maximum absolute atomic E-state index is 12.4. The van der Waals surface area contributed by atoms with Gasteiger partial charge >= 0.3 is 0 Å². The van der Waals surface area contributed by atoms with Gasteiger partial charge in [-0.15, -0.1) is 0 Å². The summed E-state index contributed by atoms with van der Waals surface area (Å²) < 4.78 is 0. The van der Waals surface area contributed by atoms with Crippen molar-refractivity contribution in [3.63, 3.8) is 0 Å². The lowest BCUT2D eigenvalue weighted by atomic mass is 10.1. The van der Waals surface area contributed by atoms with Crippen LogP contribution in [0, 0.1) is 0 Å². The second kappa shape index (κ2) is 6.37. The van der Waals surface area contributed by atoms with Crippen molar-refractivity contribution in [1.82, 2.24) is 10.3 Å². The van der Waals surface area contributed by atoms with E-state index in [9.17, 15) is 9.59 Å². The number of amides is 1. The van der Waals surface area contributed by atoms with Crippen molar-refractivity contribution in [2.45, 2.75) is 33.1 Å². The number of aryl methyl sites for hydroxylation is 1. The topological polar surface area (TPSA) is 62.0 Å². The minimum atomic E-state index is -0.302. The summed E-state index contributed by atoms with van der Waals surface area (Å²) in [7, 11) is 0. The molecule has 0 saturated heterocycles. The Kier molecular flexibility index (Phi) is 4.56. The van der Waals surface area contributed by atoms with Crippen LogP contribution in [0.15, 0.2) is 29.2 Å². The number of hydrogen-bond donors (Lipinski definition) is 2. The summed E-state index contributed by atoms with van der Waals surface area (Å²) in [5.74, 6) is -0.302. The van der Waals surface area contributed by atoms with Crippen LogP contribution in [0.3, 0.4) is 0 Å². The van der Waals surface area contributed by atoms with Gasteiger partial charge in [-0.2, -0.15) is 0 Å². The maximum atomic E-state index is 12.4. The second-order valence-corrected chi connectivity index (χ2v) is 4.87. The van der Waals surface area contributed by atoms with Gasteiger partial charge in [0.2, 0.25) is 5.43 Å².